The second-order valence-electron chi connectivity index (χ2n) is 2.48. The summed E-state index contributed by atoms with van der Waals surface area (Å²) in [6.07, 6.45) is 0.864. The summed E-state index contributed by atoms with van der Waals surface area (Å²) in [7, 11) is 2.89. The van der Waals surface area contributed by atoms with E-state index in [1.54, 1.807) is 0 Å². The molecule has 0 aromatic rings. The predicted octanol–water partition coefficient (Wildman–Crippen LogP) is -0.482. The lowest BCUT2D eigenvalue weighted by Crippen LogP contribution is -2.17. The Bertz CT molecular complexity index is 106. The van der Waals surface area contributed by atoms with E-state index < -0.39 is 0 Å². The van der Waals surface area contributed by atoms with E-state index in [1.165, 1.54) is 0 Å². The van der Waals surface area contributed by atoms with E-state index in [9.17, 15) is 4.79 Å². The average molecular weight is 140 g/mol. The van der Waals surface area contributed by atoms with Gasteiger partial charge in [-0.2, -0.15) is 0 Å². The summed E-state index contributed by atoms with van der Waals surface area (Å²) in [6.45, 7) is 4.43. The van der Waals surface area contributed by atoms with Crippen LogP contribution in [0.25, 0.3) is 0 Å². The lowest BCUT2D eigenvalue weighted by Gasteiger charge is -2.06. The molecule has 4 heteroatoms. The van der Waals surface area contributed by atoms with Gasteiger partial charge in [0.2, 0.25) is 0 Å². The molecule has 0 spiro atoms. The minimum absolute atomic E-state index is 0.0616. The van der Waals surface area contributed by atoms with Crippen molar-refractivity contribution in [1.82, 2.24) is 0 Å². The molecule has 0 saturated heterocycles. The van der Waals surface area contributed by atoms with Crippen molar-refractivity contribution in [2.45, 2.75) is 20.3 Å². The monoisotopic (exact) mass is 140 g/mol. The maximum Gasteiger partial charge on any atom is 0.307 e. The molecular formula is C6H14B2O2. The van der Waals surface area contributed by atoms with Crippen LogP contribution in [-0.4, -0.2) is 27.4 Å². The van der Waals surface area contributed by atoms with Crippen molar-refractivity contribution < 1.29 is 9.53 Å². The molecule has 0 aromatic carbocycles. The molecule has 0 bridgehead atoms. The molecule has 0 heterocycles. The first-order valence-corrected chi connectivity index (χ1v) is 3.89. The highest BCUT2D eigenvalue weighted by Crippen LogP contribution is 2.01. The molecule has 0 radical (unpaired) electrons. The van der Waals surface area contributed by atoms with Crippen LogP contribution in [0.2, 0.25) is 0 Å². The summed E-state index contributed by atoms with van der Waals surface area (Å²) in [6, 6.07) is 0. The van der Waals surface area contributed by atoms with Crippen molar-refractivity contribution in [3.05, 3.63) is 0 Å². The topological polar surface area (TPSA) is 26.3 Å². The van der Waals surface area contributed by atoms with Gasteiger partial charge in [-0.25, -0.2) is 0 Å². The highest BCUT2D eigenvalue weighted by Gasteiger charge is 2.10. The van der Waals surface area contributed by atoms with Crippen LogP contribution < -0.4 is 0 Å². The summed E-state index contributed by atoms with van der Waals surface area (Å²) in [5.41, 5.74) is 0. The van der Waals surface area contributed by atoms with Crippen molar-refractivity contribution >= 4 is 20.9 Å². The predicted molar refractivity (Wildman–Crippen MR) is 46.1 cm³/mol. The van der Waals surface area contributed by atoms with Crippen molar-refractivity contribution in [3.8, 4) is 0 Å². The maximum atomic E-state index is 10.9. The summed E-state index contributed by atoms with van der Waals surface area (Å²) in [5.74, 6) is -0.00380. The number of carbonyl (C=O) groups is 1. The third-order valence-electron chi connectivity index (χ3n) is 1.46. The zero-order valence-electron chi connectivity index (χ0n) is 7.02. The quantitative estimate of drug-likeness (QED) is 0.389. The van der Waals surface area contributed by atoms with E-state index in [4.69, 9.17) is 4.74 Å². The van der Waals surface area contributed by atoms with Crippen LogP contribution >= 0.6 is 0 Å². The van der Waals surface area contributed by atoms with Gasteiger partial charge in [0.15, 0.2) is 0 Å². The van der Waals surface area contributed by atoms with Crippen LogP contribution in [0.3, 0.4) is 0 Å². The fourth-order valence-electron chi connectivity index (χ4n) is 0.512. The van der Waals surface area contributed by atoms with Gasteiger partial charge >= 0.3 is 5.97 Å². The Kier molecular flexibility index (Phi) is 5.17. The van der Waals surface area contributed by atoms with Gasteiger partial charge in [-0.15, -0.1) is 0 Å². The van der Waals surface area contributed by atoms with Gasteiger partial charge in [-0.05, 0) is 6.42 Å². The Labute approximate surface area is 64.0 Å². The van der Waals surface area contributed by atoms with Gasteiger partial charge in [0.25, 0.3) is 0 Å². The molecule has 10 heavy (non-hydrogen) atoms. The van der Waals surface area contributed by atoms with E-state index in [-0.39, 0.29) is 11.9 Å². The molecule has 56 valence electrons. The van der Waals surface area contributed by atoms with Gasteiger partial charge in [0.1, 0.15) is 7.17 Å². The zero-order chi connectivity index (χ0) is 7.98. The van der Waals surface area contributed by atoms with Crippen LogP contribution in [0.4, 0.5) is 0 Å². The summed E-state index contributed by atoms with van der Waals surface area (Å²) in [5, 5.41) is 0. The van der Waals surface area contributed by atoms with Gasteiger partial charge in [0.05, 0.1) is 20.2 Å². The molecule has 0 rings (SSSR count). The number of rotatable bonds is 4. The van der Waals surface area contributed by atoms with Gasteiger partial charge in [-0.3, -0.25) is 4.79 Å². The average Bonchev–Trinajstić information content (AvgIpc) is 1.98. The minimum Gasteiger partial charge on any atom is -0.475 e. The second-order valence-corrected chi connectivity index (χ2v) is 2.48. The Morgan fingerprint density at radius 2 is 2.40 bits per heavy atom. The lowest BCUT2D eigenvalue weighted by atomic mass is 9.57. The van der Waals surface area contributed by atoms with Crippen LogP contribution in [0.5, 0.6) is 0 Å². The molecule has 0 aliphatic carbocycles. The second kappa shape index (κ2) is 5.39. The fraction of sp³-hybridized carbons (Fsp3) is 0.833. The number of carbonyl (C=O) groups excluding carboxylic acids is 1. The Morgan fingerprint density at radius 3 is 2.80 bits per heavy atom. The first-order chi connectivity index (χ1) is 4.72. The third-order valence-corrected chi connectivity index (χ3v) is 1.46. The van der Waals surface area contributed by atoms with Crippen molar-refractivity contribution in [3.63, 3.8) is 0 Å². The van der Waals surface area contributed by atoms with Gasteiger partial charge in [-0.1, -0.05) is 13.8 Å². The zero-order valence-corrected chi connectivity index (χ0v) is 7.02. The van der Waals surface area contributed by atoms with Crippen LogP contribution in [0, 0.1) is 5.92 Å². The Morgan fingerprint density at radius 1 is 1.80 bits per heavy atom. The van der Waals surface area contributed by atoms with Gasteiger partial charge in [0, 0.05) is 0 Å². The van der Waals surface area contributed by atoms with E-state index >= 15 is 0 Å². The lowest BCUT2D eigenvalue weighted by molar-refractivity contribution is -0.145. The number of esters is 1. The Balaban J connectivity index is 3.42. The highest BCUT2D eigenvalue weighted by atomic mass is 16.5. The molecule has 0 aromatic heterocycles. The molecule has 1 unspecified atom stereocenters. The number of ether oxygens (including phenoxy) is 1. The molecule has 0 fully saturated rings. The van der Waals surface area contributed by atoms with Crippen molar-refractivity contribution in [2.75, 3.05) is 6.51 Å². The standard InChI is InChI=1S/C6H14B2O2/c1-3-5(2)6(9)10-4-8-7/h5,8H,3-4,7H2,1-2H3. The van der Waals surface area contributed by atoms with Crippen LogP contribution in [-0.2, 0) is 9.53 Å². The van der Waals surface area contributed by atoms with Gasteiger partial charge < -0.3 is 4.74 Å². The number of hydrogen-bond donors (Lipinski definition) is 0. The third kappa shape index (κ3) is 3.59. The van der Waals surface area contributed by atoms with E-state index in [2.05, 4.69) is 0 Å². The van der Waals surface area contributed by atoms with E-state index in [0.717, 1.165) is 13.6 Å². The van der Waals surface area contributed by atoms with Crippen molar-refractivity contribution in [2.24, 2.45) is 5.92 Å². The number of hydrogen-bond acceptors (Lipinski definition) is 2. The highest BCUT2D eigenvalue weighted by molar-refractivity contribution is 6.89. The maximum absolute atomic E-state index is 10.9. The molecule has 2 nitrogen and oxygen atoms in total. The first-order valence-electron chi connectivity index (χ1n) is 3.89. The Hall–Kier alpha value is -0.400. The first kappa shape index (κ1) is 9.60. The van der Waals surface area contributed by atoms with Crippen LogP contribution in [0.1, 0.15) is 20.3 Å². The molecule has 0 aliphatic heterocycles. The molecule has 0 aliphatic rings. The minimum atomic E-state index is -0.0654. The van der Waals surface area contributed by atoms with Crippen LogP contribution in [0.15, 0.2) is 0 Å². The summed E-state index contributed by atoms with van der Waals surface area (Å²) in [4.78, 5) is 10.9. The molecule has 0 saturated carbocycles. The normalized spacial score (nSPS) is 12.2. The van der Waals surface area contributed by atoms with Crippen molar-refractivity contribution in [1.29, 1.82) is 0 Å². The van der Waals surface area contributed by atoms with E-state index in [0.29, 0.717) is 6.51 Å². The largest absolute Gasteiger partial charge is 0.475 e. The molecule has 0 N–H and O–H groups in total. The SMILES string of the molecule is BBCOC(=O)C(C)CC. The molecule has 0 amide bonds. The summed E-state index contributed by atoms with van der Waals surface area (Å²) < 4.78 is 4.90. The smallest absolute Gasteiger partial charge is 0.307 e. The fourth-order valence-corrected chi connectivity index (χ4v) is 0.512. The summed E-state index contributed by atoms with van der Waals surface area (Å²) >= 11 is 0. The molecule has 1 atom stereocenters. The molecular weight excluding hydrogens is 126 g/mol. The van der Waals surface area contributed by atoms with E-state index in [1.807, 2.05) is 21.6 Å².